The second-order valence-corrected chi connectivity index (χ2v) is 4.95. The van der Waals surface area contributed by atoms with Gasteiger partial charge in [0.25, 0.3) is 0 Å². The molecule has 0 aromatic rings. The number of piperazine rings is 1. The van der Waals surface area contributed by atoms with Crippen LogP contribution >= 0.6 is 0 Å². The van der Waals surface area contributed by atoms with Crippen molar-refractivity contribution in [3.8, 4) is 0 Å². The highest BCUT2D eigenvalue weighted by atomic mass is 16.2. The number of hydrogen-bond acceptors (Lipinski definition) is 2. The maximum absolute atomic E-state index is 12.2. The van der Waals surface area contributed by atoms with E-state index in [-0.39, 0.29) is 30.4 Å². The molecule has 1 aliphatic heterocycles. The molecular formula is C12H16N2O2. The largest absolute Gasteiger partial charge is 0.342 e. The summed E-state index contributed by atoms with van der Waals surface area (Å²) in [6, 6.07) is -0.0124. The van der Waals surface area contributed by atoms with Crippen molar-refractivity contribution in [2.24, 2.45) is 5.92 Å². The summed E-state index contributed by atoms with van der Waals surface area (Å²) in [5.41, 5.74) is 0. The van der Waals surface area contributed by atoms with Crippen LogP contribution in [0.3, 0.4) is 0 Å². The molecule has 2 fully saturated rings. The Morgan fingerprint density at radius 3 is 2.50 bits per heavy atom. The monoisotopic (exact) mass is 220 g/mol. The lowest BCUT2D eigenvalue weighted by Gasteiger charge is -2.36. The predicted molar refractivity (Wildman–Crippen MR) is 58.5 cm³/mol. The van der Waals surface area contributed by atoms with E-state index in [2.05, 4.69) is 17.5 Å². The summed E-state index contributed by atoms with van der Waals surface area (Å²) in [6.07, 6.45) is 8.14. The first-order valence-electron chi connectivity index (χ1n) is 6.00. The molecule has 1 saturated carbocycles. The number of carbonyl (C=O) groups excluding carboxylic acids is 2. The molecule has 1 unspecified atom stereocenters. The summed E-state index contributed by atoms with van der Waals surface area (Å²) >= 11 is 0. The van der Waals surface area contributed by atoms with E-state index >= 15 is 0 Å². The molecule has 1 heterocycles. The molecule has 2 amide bonds. The maximum atomic E-state index is 12.2. The standard InChI is InChI=1S/C12H16N2O2/c15-10-7-14(9-3-1-2-4-9)12(16)11(13-10)8-5-6-8/h1-2,8-9,11H,3-7H2,(H,13,15). The van der Waals surface area contributed by atoms with Gasteiger partial charge in [0, 0.05) is 6.04 Å². The third-order valence-corrected chi connectivity index (χ3v) is 3.70. The molecule has 3 aliphatic rings. The van der Waals surface area contributed by atoms with Gasteiger partial charge in [0.2, 0.25) is 11.8 Å². The molecule has 2 aliphatic carbocycles. The van der Waals surface area contributed by atoms with Gasteiger partial charge in [0.15, 0.2) is 0 Å². The van der Waals surface area contributed by atoms with Crippen LogP contribution in [0.1, 0.15) is 25.7 Å². The Balaban J connectivity index is 1.75. The van der Waals surface area contributed by atoms with E-state index in [9.17, 15) is 9.59 Å². The topological polar surface area (TPSA) is 49.4 Å². The lowest BCUT2D eigenvalue weighted by atomic mass is 10.1. The van der Waals surface area contributed by atoms with Gasteiger partial charge < -0.3 is 10.2 Å². The van der Waals surface area contributed by atoms with Crippen molar-refractivity contribution in [2.45, 2.75) is 37.8 Å². The molecule has 4 heteroatoms. The molecule has 0 aromatic heterocycles. The van der Waals surface area contributed by atoms with Crippen LogP contribution in [0, 0.1) is 5.92 Å². The second kappa shape index (κ2) is 3.61. The van der Waals surface area contributed by atoms with Gasteiger partial charge in [-0.1, -0.05) is 12.2 Å². The fourth-order valence-electron chi connectivity index (χ4n) is 2.61. The third-order valence-electron chi connectivity index (χ3n) is 3.70. The Labute approximate surface area is 94.7 Å². The number of rotatable bonds is 2. The van der Waals surface area contributed by atoms with Crippen molar-refractivity contribution < 1.29 is 9.59 Å². The molecule has 0 radical (unpaired) electrons. The minimum absolute atomic E-state index is 0.00315. The number of nitrogens with zero attached hydrogens (tertiary/aromatic N) is 1. The molecule has 4 nitrogen and oxygen atoms in total. The summed E-state index contributed by atoms with van der Waals surface area (Å²) in [7, 11) is 0. The smallest absolute Gasteiger partial charge is 0.246 e. The zero-order valence-electron chi connectivity index (χ0n) is 9.19. The quantitative estimate of drug-likeness (QED) is 0.687. The number of hydrogen-bond donors (Lipinski definition) is 1. The Hall–Kier alpha value is -1.32. The van der Waals surface area contributed by atoms with Gasteiger partial charge in [-0.25, -0.2) is 0 Å². The van der Waals surface area contributed by atoms with Gasteiger partial charge in [0.05, 0.1) is 6.54 Å². The molecule has 0 aromatic carbocycles. The fourth-order valence-corrected chi connectivity index (χ4v) is 2.61. The van der Waals surface area contributed by atoms with E-state index in [0.717, 1.165) is 25.7 Å². The van der Waals surface area contributed by atoms with Crippen LogP contribution in [-0.4, -0.2) is 35.3 Å². The van der Waals surface area contributed by atoms with Crippen LogP contribution in [0.2, 0.25) is 0 Å². The SMILES string of the molecule is O=C1CN(C2CC=CC2)C(=O)C(C2CC2)N1. The van der Waals surface area contributed by atoms with Gasteiger partial charge in [-0.15, -0.1) is 0 Å². The van der Waals surface area contributed by atoms with E-state index in [1.807, 2.05) is 0 Å². The van der Waals surface area contributed by atoms with E-state index in [0.29, 0.717) is 5.92 Å². The Kier molecular flexibility index (Phi) is 2.23. The van der Waals surface area contributed by atoms with Crippen molar-refractivity contribution in [2.75, 3.05) is 6.54 Å². The molecule has 1 saturated heterocycles. The highest BCUT2D eigenvalue weighted by Crippen LogP contribution is 2.35. The molecule has 1 atom stereocenters. The Morgan fingerprint density at radius 1 is 1.19 bits per heavy atom. The van der Waals surface area contributed by atoms with Crippen molar-refractivity contribution in [3.63, 3.8) is 0 Å². The zero-order chi connectivity index (χ0) is 11.1. The van der Waals surface area contributed by atoms with Crippen molar-refractivity contribution >= 4 is 11.8 Å². The summed E-state index contributed by atoms with van der Waals surface area (Å²) in [4.78, 5) is 25.6. The minimum Gasteiger partial charge on any atom is -0.342 e. The van der Waals surface area contributed by atoms with Crippen LogP contribution in [0.5, 0.6) is 0 Å². The number of nitrogens with one attached hydrogen (secondary N) is 1. The third kappa shape index (κ3) is 1.62. The number of amides is 2. The van der Waals surface area contributed by atoms with Crippen molar-refractivity contribution in [1.82, 2.24) is 10.2 Å². The van der Waals surface area contributed by atoms with Gasteiger partial charge >= 0.3 is 0 Å². The average molecular weight is 220 g/mol. The molecule has 86 valence electrons. The van der Waals surface area contributed by atoms with Gasteiger partial charge in [-0.05, 0) is 31.6 Å². The zero-order valence-corrected chi connectivity index (χ0v) is 9.19. The highest BCUT2D eigenvalue weighted by Gasteiger charge is 2.44. The molecule has 16 heavy (non-hydrogen) atoms. The van der Waals surface area contributed by atoms with Crippen LogP contribution < -0.4 is 5.32 Å². The van der Waals surface area contributed by atoms with E-state index in [1.54, 1.807) is 4.90 Å². The van der Waals surface area contributed by atoms with Gasteiger partial charge in [0.1, 0.15) is 6.04 Å². The Bertz CT molecular complexity index is 352. The second-order valence-electron chi connectivity index (χ2n) is 4.95. The van der Waals surface area contributed by atoms with E-state index in [4.69, 9.17) is 0 Å². The summed E-state index contributed by atoms with van der Waals surface area (Å²) in [5.74, 6) is 0.535. The fraction of sp³-hybridized carbons (Fsp3) is 0.667. The first-order valence-corrected chi connectivity index (χ1v) is 6.00. The van der Waals surface area contributed by atoms with E-state index < -0.39 is 0 Å². The summed E-state index contributed by atoms with van der Waals surface area (Å²) in [5, 5.41) is 2.83. The predicted octanol–water partition coefficient (Wildman–Crippen LogP) is 0.442. The Morgan fingerprint density at radius 2 is 1.88 bits per heavy atom. The first-order chi connectivity index (χ1) is 7.75. The van der Waals surface area contributed by atoms with Crippen LogP contribution in [0.25, 0.3) is 0 Å². The molecule has 0 spiro atoms. The van der Waals surface area contributed by atoms with Crippen LogP contribution in [0.15, 0.2) is 12.2 Å². The van der Waals surface area contributed by atoms with Crippen molar-refractivity contribution in [1.29, 1.82) is 0 Å². The lowest BCUT2D eigenvalue weighted by Crippen LogP contribution is -2.61. The van der Waals surface area contributed by atoms with Gasteiger partial charge in [-0.3, -0.25) is 9.59 Å². The molecule has 1 N–H and O–H groups in total. The number of carbonyl (C=O) groups is 2. The summed E-state index contributed by atoms with van der Waals surface area (Å²) in [6.45, 7) is 0.244. The highest BCUT2D eigenvalue weighted by molar-refractivity contribution is 5.95. The normalized spacial score (nSPS) is 31.0. The van der Waals surface area contributed by atoms with Crippen molar-refractivity contribution in [3.05, 3.63) is 12.2 Å². The molecular weight excluding hydrogens is 204 g/mol. The molecule has 3 rings (SSSR count). The molecule has 0 bridgehead atoms. The lowest BCUT2D eigenvalue weighted by molar-refractivity contribution is -0.147. The summed E-state index contributed by atoms with van der Waals surface area (Å²) < 4.78 is 0. The minimum atomic E-state index is -0.234. The van der Waals surface area contributed by atoms with Gasteiger partial charge in [-0.2, -0.15) is 0 Å². The van der Waals surface area contributed by atoms with Crippen LogP contribution in [-0.2, 0) is 9.59 Å². The van der Waals surface area contributed by atoms with Crippen LogP contribution in [0.4, 0.5) is 0 Å². The van der Waals surface area contributed by atoms with E-state index in [1.165, 1.54) is 0 Å². The maximum Gasteiger partial charge on any atom is 0.246 e. The first kappa shape index (κ1) is 9.87. The average Bonchev–Trinajstić information content (AvgIpc) is 2.96.